The molecule has 1 aromatic heterocycles. The molecule has 0 spiro atoms. The Hall–Kier alpha value is -1.43. The van der Waals surface area contributed by atoms with Crippen LogP contribution in [-0.4, -0.2) is 17.3 Å². The molecule has 3 nitrogen and oxygen atoms in total. The van der Waals surface area contributed by atoms with Crippen molar-refractivity contribution in [1.82, 2.24) is 10.2 Å². The van der Waals surface area contributed by atoms with Crippen molar-refractivity contribution in [2.24, 2.45) is 0 Å². The van der Waals surface area contributed by atoms with Crippen LogP contribution < -0.4 is 4.74 Å². The van der Waals surface area contributed by atoms with Crippen LogP contribution in [0.4, 0.5) is 0 Å². The molecule has 0 N–H and O–H groups in total. The van der Waals surface area contributed by atoms with Crippen LogP contribution in [-0.2, 0) is 0 Å². The van der Waals surface area contributed by atoms with Crippen LogP contribution in [0.2, 0.25) is 0 Å². The van der Waals surface area contributed by atoms with E-state index < -0.39 is 0 Å². The zero-order valence-electron chi connectivity index (χ0n) is 9.14. The third-order valence-electron chi connectivity index (χ3n) is 2.72. The molecule has 0 aliphatic rings. The van der Waals surface area contributed by atoms with Crippen LogP contribution in [0.15, 0.2) is 36.4 Å². The Morgan fingerprint density at radius 3 is 2.59 bits per heavy atom. The average molecular weight is 336 g/mol. The van der Waals surface area contributed by atoms with Crippen LogP contribution in [0, 0.1) is 3.57 Å². The number of fused-ring (bicyclic) bond motifs is 3. The summed E-state index contributed by atoms with van der Waals surface area (Å²) < 4.78 is 6.40. The monoisotopic (exact) mass is 336 g/mol. The molecule has 0 radical (unpaired) electrons. The summed E-state index contributed by atoms with van der Waals surface area (Å²) in [6, 6.07) is 12.0. The van der Waals surface area contributed by atoms with Gasteiger partial charge in [-0.05, 0) is 52.9 Å². The normalized spacial score (nSPS) is 10.9. The summed E-state index contributed by atoms with van der Waals surface area (Å²) in [6.45, 7) is 0. The van der Waals surface area contributed by atoms with Crippen LogP contribution in [0.3, 0.4) is 0 Å². The maximum Gasteiger partial charge on any atom is 0.119 e. The van der Waals surface area contributed by atoms with E-state index in [0.717, 1.165) is 31.1 Å². The molecule has 0 unspecified atom stereocenters. The molecule has 3 rings (SSSR count). The number of benzene rings is 2. The van der Waals surface area contributed by atoms with E-state index in [-0.39, 0.29) is 0 Å². The van der Waals surface area contributed by atoms with E-state index in [0.29, 0.717) is 0 Å². The first-order chi connectivity index (χ1) is 8.28. The SMILES string of the molecule is COc1ccc2nnc3cc(I)ccc3c2c1. The highest BCUT2D eigenvalue weighted by molar-refractivity contribution is 14.1. The van der Waals surface area contributed by atoms with Gasteiger partial charge in [-0.3, -0.25) is 0 Å². The van der Waals surface area contributed by atoms with Gasteiger partial charge in [0, 0.05) is 14.3 Å². The lowest BCUT2D eigenvalue weighted by Crippen LogP contribution is -1.89. The van der Waals surface area contributed by atoms with Gasteiger partial charge in [0.05, 0.1) is 18.1 Å². The number of nitrogens with zero attached hydrogens (tertiary/aromatic N) is 2. The van der Waals surface area contributed by atoms with Crippen LogP contribution in [0.25, 0.3) is 21.8 Å². The van der Waals surface area contributed by atoms with Gasteiger partial charge >= 0.3 is 0 Å². The molecule has 0 aliphatic carbocycles. The molecule has 0 atom stereocenters. The fraction of sp³-hybridized carbons (Fsp3) is 0.0769. The van der Waals surface area contributed by atoms with E-state index in [1.807, 2.05) is 24.3 Å². The van der Waals surface area contributed by atoms with Gasteiger partial charge in [-0.1, -0.05) is 6.07 Å². The molecule has 0 saturated heterocycles. The predicted octanol–water partition coefficient (Wildman–Crippen LogP) is 3.40. The van der Waals surface area contributed by atoms with Gasteiger partial charge in [0.15, 0.2) is 0 Å². The predicted molar refractivity (Wildman–Crippen MR) is 76.3 cm³/mol. The molecule has 84 valence electrons. The summed E-state index contributed by atoms with van der Waals surface area (Å²) >= 11 is 2.27. The van der Waals surface area contributed by atoms with Crippen LogP contribution in [0.5, 0.6) is 5.75 Å². The van der Waals surface area contributed by atoms with E-state index in [4.69, 9.17) is 4.74 Å². The fourth-order valence-electron chi connectivity index (χ4n) is 1.87. The van der Waals surface area contributed by atoms with E-state index in [1.54, 1.807) is 7.11 Å². The third-order valence-corrected chi connectivity index (χ3v) is 3.39. The number of ether oxygens (including phenoxy) is 1. The maximum atomic E-state index is 5.25. The Balaban J connectivity index is 2.44. The molecule has 0 saturated carbocycles. The molecule has 0 bridgehead atoms. The van der Waals surface area contributed by atoms with E-state index >= 15 is 0 Å². The quantitative estimate of drug-likeness (QED) is 0.505. The van der Waals surface area contributed by atoms with Gasteiger partial charge in [-0.15, -0.1) is 10.2 Å². The molecule has 4 heteroatoms. The van der Waals surface area contributed by atoms with E-state index in [1.165, 1.54) is 0 Å². The first-order valence-corrected chi connectivity index (χ1v) is 6.25. The summed E-state index contributed by atoms with van der Waals surface area (Å²) in [6.07, 6.45) is 0. The molecule has 0 amide bonds. The van der Waals surface area contributed by atoms with E-state index in [2.05, 4.69) is 44.9 Å². The molecular formula is C13H9IN2O. The van der Waals surface area contributed by atoms with Crippen molar-refractivity contribution in [3.63, 3.8) is 0 Å². The zero-order chi connectivity index (χ0) is 11.8. The smallest absolute Gasteiger partial charge is 0.119 e. The molecule has 0 fully saturated rings. The highest BCUT2D eigenvalue weighted by atomic mass is 127. The van der Waals surface area contributed by atoms with Crippen molar-refractivity contribution in [3.8, 4) is 5.75 Å². The van der Waals surface area contributed by atoms with Crippen LogP contribution >= 0.6 is 22.6 Å². The van der Waals surface area contributed by atoms with E-state index in [9.17, 15) is 0 Å². The van der Waals surface area contributed by atoms with Crippen LogP contribution in [0.1, 0.15) is 0 Å². The lowest BCUT2D eigenvalue weighted by atomic mass is 10.1. The number of halogens is 1. The van der Waals surface area contributed by atoms with Gasteiger partial charge in [0.2, 0.25) is 0 Å². The lowest BCUT2D eigenvalue weighted by Gasteiger charge is -2.04. The van der Waals surface area contributed by atoms with Crippen molar-refractivity contribution < 1.29 is 4.74 Å². The lowest BCUT2D eigenvalue weighted by molar-refractivity contribution is 0.415. The summed E-state index contributed by atoms with van der Waals surface area (Å²) in [5.41, 5.74) is 1.80. The van der Waals surface area contributed by atoms with Gasteiger partial charge in [-0.2, -0.15) is 0 Å². The molecule has 2 aromatic carbocycles. The highest BCUT2D eigenvalue weighted by Crippen LogP contribution is 2.26. The van der Waals surface area contributed by atoms with Gasteiger partial charge in [0.25, 0.3) is 0 Å². The number of methoxy groups -OCH3 is 1. The fourth-order valence-corrected chi connectivity index (χ4v) is 2.34. The highest BCUT2D eigenvalue weighted by Gasteiger charge is 2.04. The van der Waals surface area contributed by atoms with Gasteiger partial charge in [-0.25, -0.2) is 0 Å². The summed E-state index contributed by atoms with van der Waals surface area (Å²) in [7, 11) is 1.67. The maximum absolute atomic E-state index is 5.25. The largest absolute Gasteiger partial charge is 0.497 e. The number of aromatic nitrogens is 2. The number of rotatable bonds is 1. The number of hydrogen-bond donors (Lipinski definition) is 0. The van der Waals surface area contributed by atoms with Crippen molar-refractivity contribution in [2.45, 2.75) is 0 Å². The van der Waals surface area contributed by atoms with Gasteiger partial charge < -0.3 is 4.74 Å². The first-order valence-electron chi connectivity index (χ1n) is 5.17. The minimum Gasteiger partial charge on any atom is -0.497 e. The molecule has 17 heavy (non-hydrogen) atoms. The molecular weight excluding hydrogens is 327 g/mol. The summed E-state index contributed by atoms with van der Waals surface area (Å²) in [5, 5.41) is 10.6. The second-order valence-electron chi connectivity index (χ2n) is 3.74. The van der Waals surface area contributed by atoms with Crippen molar-refractivity contribution in [2.75, 3.05) is 7.11 Å². The standard InChI is InChI=1S/C13H9IN2O/c1-17-9-3-5-12-11(7-9)10-4-2-8(14)6-13(10)16-15-12/h2-7H,1H3. The zero-order valence-corrected chi connectivity index (χ0v) is 11.3. The molecule has 1 heterocycles. The minimum absolute atomic E-state index is 0.838. The average Bonchev–Trinajstić information content (AvgIpc) is 2.37. The van der Waals surface area contributed by atoms with Crippen molar-refractivity contribution in [1.29, 1.82) is 0 Å². The summed E-state index contributed by atoms with van der Waals surface area (Å²) in [5.74, 6) is 0.838. The molecule has 0 aliphatic heterocycles. The third kappa shape index (κ3) is 1.82. The summed E-state index contributed by atoms with van der Waals surface area (Å²) in [4.78, 5) is 0. The molecule has 3 aromatic rings. The Labute approximate surface area is 112 Å². The Morgan fingerprint density at radius 1 is 0.941 bits per heavy atom. The Bertz CT molecular complexity index is 712. The topological polar surface area (TPSA) is 35.0 Å². The minimum atomic E-state index is 0.838. The second-order valence-corrected chi connectivity index (χ2v) is 4.99. The second kappa shape index (κ2) is 4.10. The first kappa shape index (κ1) is 10.7. The Morgan fingerprint density at radius 2 is 1.76 bits per heavy atom. The Kier molecular flexibility index (Phi) is 2.58. The number of hydrogen-bond acceptors (Lipinski definition) is 3. The van der Waals surface area contributed by atoms with Crippen molar-refractivity contribution in [3.05, 3.63) is 40.0 Å². The van der Waals surface area contributed by atoms with Crippen molar-refractivity contribution >= 4 is 44.4 Å². The van der Waals surface area contributed by atoms with Gasteiger partial charge in [0.1, 0.15) is 5.75 Å².